The van der Waals surface area contributed by atoms with E-state index in [1.165, 1.54) is 10.9 Å². The van der Waals surface area contributed by atoms with Crippen molar-refractivity contribution >= 4 is 55.5 Å². The Balaban J connectivity index is 1.78. The van der Waals surface area contributed by atoms with Crippen molar-refractivity contribution in [1.29, 1.82) is 0 Å². The summed E-state index contributed by atoms with van der Waals surface area (Å²) in [5.41, 5.74) is 6.01. The second-order valence-electron chi connectivity index (χ2n) is 5.58. The van der Waals surface area contributed by atoms with Crippen molar-refractivity contribution < 1.29 is 42.7 Å². The zero-order valence-electron chi connectivity index (χ0n) is 13.5. The number of aliphatic hydroxyl groups is 2. The molecule has 0 amide bonds. The van der Waals surface area contributed by atoms with Gasteiger partial charge in [-0.15, -0.1) is 0 Å². The quantitative estimate of drug-likeness (QED) is 0.181. The first kappa shape index (κ1) is 21.9. The first-order chi connectivity index (χ1) is 12.9. The third-order valence-electron chi connectivity index (χ3n) is 3.64. The van der Waals surface area contributed by atoms with Crippen LogP contribution in [0.1, 0.15) is 6.23 Å². The molecular weight excluding hydrogens is 464 g/mol. The van der Waals surface area contributed by atoms with Gasteiger partial charge in [0.05, 0.1) is 12.9 Å². The van der Waals surface area contributed by atoms with Gasteiger partial charge in [-0.2, -0.15) is 14.3 Å². The largest absolute Gasteiger partial charge is 0.477 e. The molecule has 6 N–H and O–H groups in total. The van der Waals surface area contributed by atoms with Gasteiger partial charge in [-0.25, -0.2) is 14.1 Å². The predicted molar refractivity (Wildman–Crippen MR) is 96.3 cm³/mol. The molecule has 2 aromatic rings. The van der Waals surface area contributed by atoms with Gasteiger partial charge in [0.1, 0.15) is 23.8 Å². The molecule has 0 bridgehead atoms. The van der Waals surface area contributed by atoms with Crippen LogP contribution in [-0.2, 0) is 22.7 Å². The number of fused-ring (bicyclic) bond motifs is 1. The Morgan fingerprint density at radius 2 is 2.00 bits per heavy atom. The van der Waals surface area contributed by atoms with E-state index in [1.54, 1.807) is 0 Å². The summed E-state index contributed by atoms with van der Waals surface area (Å²) in [6, 6.07) is 0. The molecule has 1 aliphatic heterocycles. The smallest absolute Gasteiger partial charge is 0.387 e. The van der Waals surface area contributed by atoms with Crippen molar-refractivity contribution in [3.8, 4) is 0 Å². The van der Waals surface area contributed by atoms with Gasteiger partial charge in [-0.05, 0) is 11.6 Å². The molecular formula is C10H14ClN5O9P2S. The van der Waals surface area contributed by atoms with Crippen molar-refractivity contribution in [3.63, 3.8) is 0 Å². The Morgan fingerprint density at radius 1 is 1.32 bits per heavy atom. The maximum absolute atomic E-state index is 11.8. The highest BCUT2D eigenvalue weighted by Crippen LogP contribution is 2.63. The second-order valence-corrected chi connectivity index (χ2v) is 10.2. The summed E-state index contributed by atoms with van der Waals surface area (Å²) in [4.78, 5) is 29.1. The molecule has 0 spiro atoms. The molecule has 0 radical (unpaired) electrons. The van der Waals surface area contributed by atoms with Crippen LogP contribution in [0.3, 0.4) is 0 Å². The average Bonchev–Trinajstić information content (AvgIpc) is 3.06. The zero-order chi connectivity index (χ0) is 20.9. The molecule has 18 heteroatoms. The molecule has 5 atom stereocenters. The van der Waals surface area contributed by atoms with Gasteiger partial charge in [0, 0.05) is 0 Å². The fourth-order valence-electron chi connectivity index (χ4n) is 2.52. The standard InChI is InChI=1S/C10H14ClN5O9P2S/c11-10-14-7(12)4-8(15-10)16(2-13-4)9-6(18)5(17)3(24-9)1-23-27(22,28)25-26(19,20)21/h2-3,5-6,9,17-18H,1H2,(H,22,28)(H2,12,14,15)(H2,19,20,21)/t3-,5-,6?,9-,27+/m1/s1. The van der Waals surface area contributed by atoms with E-state index in [1.807, 2.05) is 0 Å². The first-order valence-electron chi connectivity index (χ1n) is 7.29. The minimum absolute atomic E-state index is 0.00716. The van der Waals surface area contributed by atoms with Crippen LogP contribution < -0.4 is 5.73 Å². The van der Waals surface area contributed by atoms with Gasteiger partial charge in [-0.3, -0.25) is 9.09 Å². The number of thiol groups is 1. The zero-order valence-corrected chi connectivity index (χ0v) is 16.9. The molecule has 1 fully saturated rings. The molecule has 3 rings (SSSR count). The number of imidazole rings is 1. The van der Waals surface area contributed by atoms with Crippen LogP contribution in [0.4, 0.5) is 5.82 Å². The fraction of sp³-hybridized carbons (Fsp3) is 0.500. The van der Waals surface area contributed by atoms with Crippen LogP contribution in [0.2, 0.25) is 5.28 Å². The van der Waals surface area contributed by atoms with Crippen molar-refractivity contribution in [3.05, 3.63) is 11.6 Å². The molecule has 1 unspecified atom stereocenters. The van der Waals surface area contributed by atoms with Crippen molar-refractivity contribution in [1.82, 2.24) is 19.5 Å². The number of hydrogen-bond acceptors (Lipinski definition) is 11. The normalized spacial score (nSPS) is 27.9. The fourth-order valence-corrected chi connectivity index (χ4v) is 5.35. The van der Waals surface area contributed by atoms with Crippen molar-refractivity contribution in [2.45, 2.75) is 24.5 Å². The molecule has 14 nitrogen and oxygen atoms in total. The highest BCUT2D eigenvalue weighted by Gasteiger charge is 2.45. The molecule has 1 aliphatic rings. The Bertz CT molecular complexity index is 988. The Labute approximate surface area is 166 Å². The van der Waals surface area contributed by atoms with Gasteiger partial charge in [0.15, 0.2) is 17.7 Å². The van der Waals surface area contributed by atoms with Crippen LogP contribution in [-0.4, -0.2) is 64.4 Å². The maximum atomic E-state index is 11.8. The molecule has 156 valence electrons. The predicted octanol–water partition coefficient (Wildman–Crippen LogP) is -0.155. The number of ether oxygens (including phenoxy) is 1. The number of aliphatic hydroxyl groups excluding tert-OH is 2. The van der Waals surface area contributed by atoms with E-state index in [0.717, 1.165) is 0 Å². The Hall–Kier alpha value is -0.830. The van der Waals surface area contributed by atoms with Gasteiger partial charge in [-0.1, -0.05) is 12.2 Å². The van der Waals surface area contributed by atoms with Crippen molar-refractivity contribution in [2.75, 3.05) is 12.3 Å². The lowest BCUT2D eigenvalue weighted by atomic mass is 10.1. The lowest BCUT2D eigenvalue weighted by molar-refractivity contribution is -0.0478. The minimum atomic E-state index is -5.13. The van der Waals surface area contributed by atoms with Crippen molar-refractivity contribution in [2.24, 2.45) is 0 Å². The molecule has 1 saturated heterocycles. The monoisotopic (exact) mass is 477 g/mol. The van der Waals surface area contributed by atoms with Gasteiger partial charge in [0.2, 0.25) is 5.28 Å². The lowest BCUT2D eigenvalue weighted by Gasteiger charge is -2.18. The number of nitrogen functional groups attached to an aromatic ring is 1. The number of nitrogens with two attached hydrogens (primary N) is 1. The summed E-state index contributed by atoms with van der Waals surface area (Å²) in [5, 5.41) is 20.3. The van der Waals surface area contributed by atoms with Gasteiger partial charge in [0.25, 0.3) is 0 Å². The van der Waals surface area contributed by atoms with Crippen LogP contribution in [0.5, 0.6) is 0 Å². The first-order valence-corrected chi connectivity index (χ1v) is 11.9. The SMILES string of the molecule is Nc1nc(Cl)nc2c1ncn2[C@@H]1O[C@H](CO[P@](=O)(S)OP(=O)(O)O)[C@@H](O)C1O. The summed E-state index contributed by atoms with van der Waals surface area (Å²) < 4.78 is 37.9. The molecule has 0 saturated carbocycles. The number of nitrogens with zero attached hydrogens (tertiary/aromatic N) is 4. The summed E-state index contributed by atoms with van der Waals surface area (Å²) in [7, 11) is -5.13. The van der Waals surface area contributed by atoms with Gasteiger partial charge < -0.3 is 30.5 Å². The van der Waals surface area contributed by atoms with E-state index >= 15 is 0 Å². The summed E-state index contributed by atoms with van der Waals surface area (Å²) >= 11 is 9.19. The number of aromatic nitrogens is 4. The highest BCUT2D eigenvalue weighted by atomic mass is 35.5. The third kappa shape index (κ3) is 4.66. The van der Waals surface area contributed by atoms with Crippen LogP contribution in [0, 0.1) is 0 Å². The van der Waals surface area contributed by atoms with E-state index in [-0.39, 0.29) is 22.3 Å². The highest BCUT2D eigenvalue weighted by molar-refractivity contribution is 8.45. The minimum Gasteiger partial charge on any atom is -0.387 e. The lowest BCUT2D eigenvalue weighted by Crippen LogP contribution is -2.33. The molecule has 0 aliphatic carbocycles. The Morgan fingerprint density at radius 3 is 2.64 bits per heavy atom. The summed E-state index contributed by atoms with van der Waals surface area (Å²) in [6.07, 6.45) is -4.26. The van der Waals surface area contributed by atoms with Crippen LogP contribution >= 0.6 is 38.5 Å². The van der Waals surface area contributed by atoms with Crippen LogP contribution in [0.25, 0.3) is 11.2 Å². The summed E-state index contributed by atoms with van der Waals surface area (Å²) in [6.45, 7) is -5.13. The number of anilines is 1. The summed E-state index contributed by atoms with van der Waals surface area (Å²) in [5.74, 6) is -0.00716. The molecule has 3 heterocycles. The number of phosphoric acid groups is 1. The van der Waals surface area contributed by atoms with E-state index in [9.17, 15) is 19.3 Å². The molecule has 28 heavy (non-hydrogen) atoms. The topological polar surface area (TPSA) is 212 Å². The maximum Gasteiger partial charge on any atom is 0.477 e. The third-order valence-corrected chi connectivity index (χ3v) is 6.97. The molecule has 0 aromatic carbocycles. The van der Waals surface area contributed by atoms with E-state index in [4.69, 9.17) is 36.4 Å². The molecule has 2 aromatic heterocycles. The second kappa shape index (κ2) is 7.78. The van der Waals surface area contributed by atoms with E-state index in [2.05, 4.69) is 31.5 Å². The van der Waals surface area contributed by atoms with Gasteiger partial charge >= 0.3 is 14.6 Å². The number of hydrogen-bond donors (Lipinski definition) is 6. The number of rotatable bonds is 6. The number of halogens is 1. The van der Waals surface area contributed by atoms with E-state index < -0.39 is 45.8 Å². The van der Waals surface area contributed by atoms with Crippen LogP contribution in [0.15, 0.2) is 6.33 Å². The van der Waals surface area contributed by atoms with E-state index in [0.29, 0.717) is 0 Å². The Kier molecular flexibility index (Phi) is 6.07. The average molecular weight is 478 g/mol.